The van der Waals surface area contributed by atoms with Crippen molar-refractivity contribution in [3.63, 3.8) is 0 Å². The first kappa shape index (κ1) is 15.3. The van der Waals surface area contributed by atoms with E-state index in [-0.39, 0.29) is 11.9 Å². The molecule has 1 unspecified atom stereocenters. The summed E-state index contributed by atoms with van der Waals surface area (Å²) in [5.74, 6) is 0.397. The Morgan fingerprint density at radius 3 is 2.55 bits per heavy atom. The van der Waals surface area contributed by atoms with Gasteiger partial charge in [0.25, 0.3) is 0 Å². The second kappa shape index (κ2) is 6.57. The maximum Gasteiger partial charge on any atom is 0.124 e. The Hall–Kier alpha value is -1.10. The highest BCUT2D eigenvalue weighted by Gasteiger charge is 2.17. The van der Waals surface area contributed by atoms with Crippen LogP contribution < -0.4 is 10.1 Å². The van der Waals surface area contributed by atoms with Gasteiger partial charge in [-0.1, -0.05) is 33.6 Å². The molecule has 0 amide bonds. The minimum atomic E-state index is -0.292. The third kappa shape index (κ3) is 3.32. The average molecular weight is 359 g/mol. The highest BCUT2D eigenvalue weighted by Crippen LogP contribution is 2.32. The lowest BCUT2D eigenvalue weighted by molar-refractivity contribution is 0.414. The van der Waals surface area contributed by atoms with Crippen molar-refractivity contribution in [3.05, 3.63) is 62.8 Å². The monoisotopic (exact) mass is 357 g/mol. The van der Waals surface area contributed by atoms with Crippen molar-refractivity contribution in [1.29, 1.82) is 0 Å². The number of methoxy groups -OCH3 is 1. The van der Waals surface area contributed by atoms with Crippen molar-refractivity contribution < 1.29 is 9.13 Å². The van der Waals surface area contributed by atoms with Gasteiger partial charge in [-0.15, -0.1) is 0 Å². The molecule has 0 bridgehead atoms. The summed E-state index contributed by atoms with van der Waals surface area (Å²) in [4.78, 5) is 0. The zero-order chi connectivity index (χ0) is 14.7. The molecule has 0 aromatic heterocycles. The van der Waals surface area contributed by atoms with Gasteiger partial charge in [0.1, 0.15) is 11.6 Å². The molecule has 106 valence electrons. The fourth-order valence-corrected chi connectivity index (χ4v) is 2.88. The Labute approximate surface area is 131 Å². The summed E-state index contributed by atoms with van der Waals surface area (Å²) in [5, 5.41) is 3.73. The molecule has 0 aliphatic rings. The lowest BCUT2D eigenvalue weighted by Gasteiger charge is -2.19. The Bertz CT molecular complexity index is 601. The second-order valence-corrected chi connectivity index (χ2v) is 5.63. The quantitative estimate of drug-likeness (QED) is 0.865. The van der Waals surface area contributed by atoms with Crippen molar-refractivity contribution in [2.75, 3.05) is 14.2 Å². The van der Waals surface area contributed by atoms with Gasteiger partial charge < -0.3 is 10.1 Å². The molecule has 0 spiro atoms. The molecule has 0 saturated carbocycles. The van der Waals surface area contributed by atoms with Crippen LogP contribution in [-0.2, 0) is 0 Å². The van der Waals surface area contributed by atoms with Gasteiger partial charge in [-0.25, -0.2) is 4.39 Å². The van der Waals surface area contributed by atoms with Crippen LogP contribution in [-0.4, -0.2) is 14.2 Å². The van der Waals surface area contributed by atoms with Crippen LogP contribution in [0.4, 0.5) is 4.39 Å². The Morgan fingerprint density at radius 1 is 1.25 bits per heavy atom. The minimum Gasteiger partial charge on any atom is -0.497 e. The van der Waals surface area contributed by atoms with Crippen LogP contribution in [0.15, 0.2) is 40.9 Å². The molecule has 0 radical (unpaired) electrons. The summed E-state index contributed by atoms with van der Waals surface area (Å²) in [5.41, 5.74) is 1.67. The maximum atomic E-state index is 13.5. The molecule has 20 heavy (non-hydrogen) atoms. The van der Waals surface area contributed by atoms with Gasteiger partial charge in [-0.2, -0.15) is 0 Å². The number of benzene rings is 2. The largest absolute Gasteiger partial charge is 0.497 e. The van der Waals surface area contributed by atoms with E-state index in [1.165, 1.54) is 12.1 Å². The maximum absolute atomic E-state index is 13.5. The molecular formula is C15H14BrClFNO. The number of hydrogen-bond acceptors (Lipinski definition) is 2. The summed E-state index contributed by atoms with van der Waals surface area (Å²) in [6.07, 6.45) is 0. The number of hydrogen-bond donors (Lipinski definition) is 1. The minimum absolute atomic E-state index is 0.194. The third-order valence-corrected chi connectivity index (χ3v) is 3.81. The lowest BCUT2D eigenvalue weighted by Crippen LogP contribution is -2.18. The van der Waals surface area contributed by atoms with E-state index in [9.17, 15) is 4.39 Å². The standard InChI is InChI=1S/C15H14BrClFNO/c1-19-15(9-5-10(16)7-11(18)6-9)13-4-3-12(20-2)8-14(13)17/h3-8,15,19H,1-2H3. The molecule has 1 atom stereocenters. The molecule has 0 aliphatic carbocycles. The average Bonchev–Trinajstić information content (AvgIpc) is 2.40. The number of rotatable bonds is 4. The lowest BCUT2D eigenvalue weighted by atomic mass is 9.98. The van der Waals surface area contributed by atoms with E-state index >= 15 is 0 Å². The van der Waals surface area contributed by atoms with E-state index in [4.69, 9.17) is 16.3 Å². The number of nitrogens with one attached hydrogen (secondary N) is 1. The van der Waals surface area contributed by atoms with E-state index in [1.54, 1.807) is 13.2 Å². The topological polar surface area (TPSA) is 21.3 Å². The van der Waals surface area contributed by atoms with Gasteiger partial charge in [0, 0.05) is 9.50 Å². The van der Waals surface area contributed by atoms with E-state index < -0.39 is 0 Å². The van der Waals surface area contributed by atoms with Crippen LogP contribution in [0, 0.1) is 5.82 Å². The molecule has 2 nitrogen and oxygen atoms in total. The Balaban J connectivity index is 2.46. The van der Waals surface area contributed by atoms with Gasteiger partial charge in [-0.3, -0.25) is 0 Å². The zero-order valence-electron chi connectivity index (χ0n) is 11.1. The van der Waals surface area contributed by atoms with Gasteiger partial charge in [0.15, 0.2) is 0 Å². The summed E-state index contributed by atoms with van der Waals surface area (Å²) >= 11 is 9.59. The van der Waals surface area contributed by atoms with Crippen LogP contribution in [0.25, 0.3) is 0 Å². The van der Waals surface area contributed by atoms with Crippen LogP contribution >= 0.6 is 27.5 Å². The normalized spacial score (nSPS) is 12.2. The van der Waals surface area contributed by atoms with Gasteiger partial charge in [0.05, 0.1) is 13.2 Å². The molecule has 5 heteroatoms. The Kier molecular flexibility index (Phi) is 5.02. The van der Waals surface area contributed by atoms with E-state index in [2.05, 4.69) is 21.2 Å². The van der Waals surface area contributed by atoms with Gasteiger partial charge in [-0.05, 0) is 48.5 Å². The molecular weight excluding hydrogens is 345 g/mol. The third-order valence-electron chi connectivity index (χ3n) is 3.03. The molecule has 0 aliphatic heterocycles. The highest BCUT2D eigenvalue weighted by atomic mass is 79.9. The fraction of sp³-hybridized carbons (Fsp3) is 0.200. The first-order chi connectivity index (χ1) is 9.55. The molecule has 2 aromatic rings. The van der Waals surface area contributed by atoms with E-state index in [1.807, 2.05) is 25.2 Å². The van der Waals surface area contributed by atoms with Crippen molar-refractivity contribution in [2.24, 2.45) is 0 Å². The van der Waals surface area contributed by atoms with Crippen LogP contribution in [0.1, 0.15) is 17.2 Å². The van der Waals surface area contributed by atoms with E-state index in [0.29, 0.717) is 15.2 Å². The van der Waals surface area contributed by atoms with Crippen LogP contribution in [0.5, 0.6) is 5.75 Å². The first-order valence-corrected chi connectivity index (χ1v) is 7.19. The van der Waals surface area contributed by atoms with E-state index in [0.717, 1.165) is 11.1 Å². The van der Waals surface area contributed by atoms with Crippen LogP contribution in [0.3, 0.4) is 0 Å². The van der Waals surface area contributed by atoms with Crippen molar-refractivity contribution >= 4 is 27.5 Å². The summed E-state index contributed by atoms with van der Waals surface area (Å²) < 4.78 is 19.4. The van der Waals surface area contributed by atoms with Crippen LogP contribution in [0.2, 0.25) is 5.02 Å². The second-order valence-electron chi connectivity index (χ2n) is 4.31. The zero-order valence-corrected chi connectivity index (χ0v) is 13.4. The molecule has 0 saturated heterocycles. The Morgan fingerprint density at radius 2 is 2.00 bits per heavy atom. The summed E-state index contributed by atoms with van der Waals surface area (Å²) in [6, 6.07) is 10.0. The number of halogens is 3. The fourth-order valence-electron chi connectivity index (χ4n) is 2.11. The molecule has 2 rings (SSSR count). The predicted molar refractivity (Wildman–Crippen MR) is 83.0 cm³/mol. The summed E-state index contributed by atoms with van der Waals surface area (Å²) in [7, 11) is 3.40. The van der Waals surface area contributed by atoms with Gasteiger partial charge in [0.2, 0.25) is 0 Å². The van der Waals surface area contributed by atoms with Crippen molar-refractivity contribution in [1.82, 2.24) is 5.32 Å². The predicted octanol–water partition coefficient (Wildman–Crippen LogP) is 4.56. The molecule has 1 N–H and O–H groups in total. The molecule has 2 aromatic carbocycles. The first-order valence-electron chi connectivity index (χ1n) is 6.02. The van der Waals surface area contributed by atoms with Crippen molar-refractivity contribution in [3.8, 4) is 5.75 Å². The SMILES string of the molecule is CNC(c1cc(F)cc(Br)c1)c1ccc(OC)cc1Cl. The van der Waals surface area contributed by atoms with Crippen molar-refractivity contribution in [2.45, 2.75) is 6.04 Å². The highest BCUT2D eigenvalue weighted by molar-refractivity contribution is 9.10. The smallest absolute Gasteiger partial charge is 0.124 e. The molecule has 0 heterocycles. The number of ether oxygens (including phenoxy) is 1. The molecule has 0 fully saturated rings. The van der Waals surface area contributed by atoms with Gasteiger partial charge >= 0.3 is 0 Å². The summed E-state index contributed by atoms with van der Waals surface area (Å²) in [6.45, 7) is 0.